The van der Waals surface area contributed by atoms with Gasteiger partial charge < -0.3 is 10.1 Å². The lowest BCUT2D eigenvalue weighted by molar-refractivity contribution is -0.120. The summed E-state index contributed by atoms with van der Waals surface area (Å²) < 4.78 is 74.8. The summed E-state index contributed by atoms with van der Waals surface area (Å²) in [6, 6.07) is 5.03. The number of carbonyl (C=O) groups excluding carboxylic acids is 2. The number of Topliss-reactive ketones (excluding diaryl/α,β-unsaturated/α-hetero) is 1. The Labute approximate surface area is 238 Å². The Morgan fingerprint density at radius 2 is 1.90 bits per heavy atom. The Balaban J connectivity index is 1.56. The monoisotopic (exact) mass is 607 g/mol. The van der Waals surface area contributed by atoms with Crippen LogP contribution in [0.3, 0.4) is 0 Å². The molecule has 0 aliphatic heterocycles. The van der Waals surface area contributed by atoms with E-state index in [4.69, 9.17) is 16.3 Å². The number of aromatic amines is 1. The molecule has 5 rings (SSSR count). The Morgan fingerprint density at radius 3 is 2.59 bits per heavy atom. The Hall–Kier alpha value is -4.01. The van der Waals surface area contributed by atoms with Crippen molar-refractivity contribution in [2.24, 2.45) is 0 Å². The second-order valence-electron chi connectivity index (χ2n) is 9.17. The number of anilines is 2. The molecular formula is C26H21ClF3N5O5S. The third kappa shape index (κ3) is 5.37. The molecule has 15 heteroatoms. The van der Waals surface area contributed by atoms with E-state index in [0.29, 0.717) is 30.0 Å². The number of hydrogen-bond acceptors (Lipinski definition) is 6. The molecule has 1 atom stereocenters. The van der Waals surface area contributed by atoms with Crippen molar-refractivity contribution in [1.82, 2.24) is 20.5 Å². The molecule has 1 unspecified atom stereocenters. The number of methoxy groups -OCH3 is 1. The summed E-state index contributed by atoms with van der Waals surface area (Å²) >= 11 is 3.06. The molecular weight excluding hydrogens is 587 g/mol. The van der Waals surface area contributed by atoms with E-state index in [9.17, 15) is 18.4 Å². The number of amides is 1. The van der Waals surface area contributed by atoms with E-state index in [2.05, 4.69) is 20.5 Å². The van der Waals surface area contributed by atoms with Crippen molar-refractivity contribution < 1.29 is 36.3 Å². The van der Waals surface area contributed by atoms with Crippen LogP contribution in [-0.2, 0) is 16.1 Å². The summed E-state index contributed by atoms with van der Waals surface area (Å²) in [6.45, 7) is 0. The predicted octanol–water partition coefficient (Wildman–Crippen LogP) is 5.22. The second kappa shape index (κ2) is 11.5. The van der Waals surface area contributed by atoms with E-state index in [1.54, 1.807) is 0 Å². The molecule has 3 N–H and O–H groups in total. The van der Waals surface area contributed by atoms with E-state index in [-0.39, 0.29) is 45.0 Å². The van der Waals surface area contributed by atoms with Gasteiger partial charge in [0.1, 0.15) is 28.5 Å². The van der Waals surface area contributed by atoms with Crippen LogP contribution in [0.2, 0.25) is 5.02 Å². The van der Waals surface area contributed by atoms with E-state index >= 15 is 13.2 Å². The number of pyridine rings is 1. The molecule has 2 aromatic heterocycles. The van der Waals surface area contributed by atoms with Crippen LogP contribution in [0, 0.1) is 17.5 Å². The van der Waals surface area contributed by atoms with E-state index in [1.807, 2.05) is 0 Å². The lowest BCUT2D eigenvalue weighted by Crippen LogP contribution is -2.37. The van der Waals surface area contributed by atoms with Crippen LogP contribution in [0.4, 0.5) is 24.5 Å². The SMILES string of the molecule is COc1ncc(Cl)cc1N(c1ccc(F)c(-c2ccc3c(C(=O)NC4CCC(=O)CC4)[nH]nc3c2F)c1F)S(=O)O. The maximum Gasteiger partial charge on any atom is 0.270 e. The van der Waals surface area contributed by atoms with E-state index in [1.165, 1.54) is 25.4 Å². The number of aromatic nitrogens is 3. The number of hydrogen-bond donors (Lipinski definition) is 3. The van der Waals surface area contributed by atoms with Gasteiger partial charge in [-0.05, 0) is 37.1 Å². The third-order valence-corrected chi connectivity index (χ3v) is 7.61. The first kappa shape index (κ1) is 28.5. The fourth-order valence-electron chi connectivity index (χ4n) is 4.72. The van der Waals surface area contributed by atoms with Crippen LogP contribution in [0.15, 0.2) is 36.5 Å². The molecule has 2 heterocycles. The molecule has 41 heavy (non-hydrogen) atoms. The van der Waals surface area contributed by atoms with Gasteiger partial charge in [0.25, 0.3) is 17.2 Å². The molecule has 0 bridgehead atoms. The molecule has 214 valence electrons. The fourth-order valence-corrected chi connectivity index (χ4v) is 5.48. The first-order valence-electron chi connectivity index (χ1n) is 12.2. The molecule has 0 radical (unpaired) electrons. The van der Waals surface area contributed by atoms with Crippen LogP contribution < -0.4 is 14.4 Å². The average Bonchev–Trinajstić information content (AvgIpc) is 3.38. The van der Waals surface area contributed by atoms with Gasteiger partial charge in [0.15, 0.2) is 11.6 Å². The molecule has 1 aliphatic rings. The summed E-state index contributed by atoms with van der Waals surface area (Å²) in [5.74, 6) is -4.29. The number of carbonyl (C=O) groups is 2. The fraction of sp³-hybridized carbons (Fsp3) is 0.231. The number of ketones is 1. The highest BCUT2D eigenvalue weighted by molar-refractivity contribution is 7.81. The van der Waals surface area contributed by atoms with Gasteiger partial charge in [-0.1, -0.05) is 17.7 Å². The zero-order valence-electron chi connectivity index (χ0n) is 21.2. The minimum absolute atomic E-state index is 0.0332. The number of fused-ring (bicyclic) bond motifs is 1. The highest BCUT2D eigenvalue weighted by Crippen LogP contribution is 2.41. The van der Waals surface area contributed by atoms with Crippen molar-refractivity contribution in [3.8, 4) is 17.0 Å². The summed E-state index contributed by atoms with van der Waals surface area (Å²) in [5.41, 5.74) is -2.60. The summed E-state index contributed by atoms with van der Waals surface area (Å²) in [6.07, 6.45) is 2.87. The van der Waals surface area contributed by atoms with Crippen molar-refractivity contribution in [1.29, 1.82) is 0 Å². The molecule has 0 saturated heterocycles. The van der Waals surface area contributed by atoms with E-state index in [0.717, 1.165) is 18.2 Å². The van der Waals surface area contributed by atoms with E-state index < -0.39 is 51.4 Å². The molecule has 4 aromatic rings. The van der Waals surface area contributed by atoms with Gasteiger partial charge in [-0.25, -0.2) is 26.7 Å². The minimum Gasteiger partial charge on any atom is -0.479 e. The van der Waals surface area contributed by atoms with Gasteiger partial charge in [-0.3, -0.25) is 19.2 Å². The van der Waals surface area contributed by atoms with Gasteiger partial charge in [0.05, 0.1) is 23.4 Å². The molecule has 1 saturated carbocycles. The molecule has 1 aliphatic carbocycles. The molecule has 10 nitrogen and oxygen atoms in total. The average molecular weight is 608 g/mol. The second-order valence-corrected chi connectivity index (χ2v) is 10.4. The minimum atomic E-state index is -2.92. The van der Waals surface area contributed by atoms with Gasteiger partial charge in [-0.15, -0.1) is 0 Å². The summed E-state index contributed by atoms with van der Waals surface area (Å²) in [4.78, 5) is 28.2. The zero-order chi connectivity index (χ0) is 29.4. The predicted molar refractivity (Wildman–Crippen MR) is 145 cm³/mol. The number of rotatable bonds is 7. The van der Waals surface area contributed by atoms with Gasteiger partial charge >= 0.3 is 0 Å². The molecule has 2 aromatic carbocycles. The Kier molecular flexibility index (Phi) is 7.98. The number of ether oxygens (including phenoxy) is 1. The third-order valence-electron chi connectivity index (χ3n) is 6.70. The van der Waals surface area contributed by atoms with Gasteiger partial charge in [-0.2, -0.15) is 5.10 Å². The molecule has 1 amide bonds. The molecule has 0 spiro atoms. The maximum atomic E-state index is 15.9. The summed E-state index contributed by atoms with van der Waals surface area (Å²) in [7, 11) is 1.23. The van der Waals surface area contributed by atoms with Crippen molar-refractivity contribution in [2.45, 2.75) is 31.7 Å². The lowest BCUT2D eigenvalue weighted by atomic mass is 9.94. The van der Waals surface area contributed by atoms with Crippen molar-refractivity contribution in [2.75, 3.05) is 11.4 Å². The van der Waals surface area contributed by atoms with Crippen LogP contribution in [0.25, 0.3) is 22.0 Å². The summed E-state index contributed by atoms with van der Waals surface area (Å²) in [5, 5.41) is 9.22. The highest BCUT2D eigenvalue weighted by atomic mass is 35.5. The maximum absolute atomic E-state index is 15.9. The standard InChI is InChI=1S/C26H21ClF3N5O5S/c1-40-26-19(10-12(27)11-31-26)35(41(38)39)18-9-8-17(28)20(22(18)30)15-6-7-16-23(21(15)29)33-34-24(16)25(37)32-13-2-4-14(36)5-3-13/h6-11,13H,2-5H2,1H3,(H,32,37)(H,33,34)(H,38,39). The highest BCUT2D eigenvalue weighted by Gasteiger charge is 2.29. The number of nitrogens with one attached hydrogen (secondary N) is 2. The van der Waals surface area contributed by atoms with Crippen LogP contribution in [-0.4, -0.2) is 48.8 Å². The quantitative estimate of drug-likeness (QED) is 0.245. The zero-order valence-corrected chi connectivity index (χ0v) is 22.8. The van der Waals surface area contributed by atoms with Crippen LogP contribution in [0.5, 0.6) is 5.88 Å². The number of halogens is 4. The number of nitrogens with zero attached hydrogens (tertiary/aromatic N) is 3. The van der Waals surface area contributed by atoms with Crippen molar-refractivity contribution in [3.05, 3.63) is 64.7 Å². The molecule has 1 fully saturated rings. The van der Waals surface area contributed by atoms with Gasteiger partial charge in [0, 0.05) is 36.0 Å². The lowest BCUT2D eigenvalue weighted by Gasteiger charge is -2.23. The topological polar surface area (TPSA) is 138 Å². The van der Waals surface area contributed by atoms with Crippen LogP contribution >= 0.6 is 11.6 Å². The largest absolute Gasteiger partial charge is 0.479 e. The van der Waals surface area contributed by atoms with Gasteiger partial charge in [0.2, 0.25) is 5.88 Å². The first-order chi connectivity index (χ1) is 19.6. The smallest absolute Gasteiger partial charge is 0.270 e. The Morgan fingerprint density at radius 1 is 1.17 bits per heavy atom. The number of benzene rings is 2. The Bertz CT molecular complexity index is 1710. The van der Waals surface area contributed by atoms with Crippen molar-refractivity contribution >= 4 is 56.8 Å². The van der Waals surface area contributed by atoms with Crippen molar-refractivity contribution in [3.63, 3.8) is 0 Å². The first-order valence-corrected chi connectivity index (χ1v) is 13.6. The van der Waals surface area contributed by atoms with Crippen LogP contribution in [0.1, 0.15) is 36.2 Å². The number of H-pyrrole nitrogens is 1. The normalized spacial score (nSPS) is 14.7.